The van der Waals surface area contributed by atoms with E-state index in [2.05, 4.69) is 22.1 Å². The number of hydrogen-bond acceptors (Lipinski definition) is 4. The average molecular weight is 284 g/mol. The molecule has 1 aliphatic rings. The van der Waals surface area contributed by atoms with Crippen LogP contribution in [0.1, 0.15) is 17.5 Å². The summed E-state index contributed by atoms with van der Waals surface area (Å²) in [6, 6.07) is 0. The number of halogens is 2. The number of thiazole rings is 1. The van der Waals surface area contributed by atoms with Crippen molar-refractivity contribution in [2.75, 3.05) is 32.0 Å². The first-order valence-corrected chi connectivity index (χ1v) is 6.03. The lowest BCUT2D eigenvalue weighted by molar-refractivity contribution is 0.303. The van der Waals surface area contributed by atoms with Gasteiger partial charge in [0.2, 0.25) is 0 Å². The maximum Gasteiger partial charge on any atom is 0.182 e. The van der Waals surface area contributed by atoms with Crippen molar-refractivity contribution in [3.05, 3.63) is 10.6 Å². The summed E-state index contributed by atoms with van der Waals surface area (Å²) >= 11 is 1.81. The van der Waals surface area contributed by atoms with Crippen molar-refractivity contribution >= 4 is 41.3 Å². The van der Waals surface area contributed by atoms with Gasteiger partial charge in [0.05, 0.1) is 5.69 Å². The maximum absolute atomic E-state index is 4.58. The molecular weight excluding hydrogens is 265 g/mol. The first kappa shape index (κ1) is 16.0. The van der Waals surface area contributed by atoms with E-state index < -0.39 is 0 Å². The van der Waals surface area contributed by atoms with Crippen molar-refractivity contribution in [1.29, 1.82) is 0 Å². The van der Waals surface area contributed by atoms with Gasteiger partial charge in [-0.15, -0.1) is 36.2 Å². The molecule has 1 N–H and O–H groups in total. The van der Waals surface area contributed by atoms with Gasteiger partial charge >= 0.3 is 0 Å². The summed E-state index contributed by atoms with van der Waals surface area (Å²) in [6.07, 6.45) is 2.28. The van der Waals surface area contributed by atoms with Gasteiger partial charge in [-0.1, -0.05) is 6.92 Å². The van der Waals surface area contributed by atoms with Crippen LogP contribution in [0.25, 0.3) is 0 Å². The highest BCUT2D eigenvalue weighted by Gasteiger charge is 2.16. The molecule has 1 aromatic heterocycles. The normalized spacial score (nSPS) is 15.4. The van der Waals surface area contributed by atoms with Crippen LogP contribution in [-0.2, 0) is 12.8 Å². The Hall–Kier alpha value is -0.0300. The molecule has 94 valence electrons. The monoisotopic (exact) mass is 283 g/mol. The summed E-state index contributed by atoms with van der Waals surface area (Å²) in [6.45, 7) is 5.74. The molecule has 0 aliphatic carbocycles. The van der Waals surface area contributed by atoms with Gasteiger partial charge in [-0.25, -0.2) is 4.98 Å². The molecule has 0 atom stereocenters. The number of rotatable bonds is 2. The molecule has 2 heterocycles. The van der Waals surface area contributed by atoms with Crippen molar-refractivity contribution < 1.29 is 0 Å². The molecule has 0 radical (unpaired) electrons. The zero-order valence-corrected chi connectivity index (χ0v) is 12.1. The van der Waals surface area contributed by atoms with E-state index in [1.165, 1.54) is 23.5 Å². The highest BCUT2D eigenvalue weighted by molar-refractivity contribution is 7.15. The van der Waals surface area contributed by atoms with E-state index in [9.17, 15) is 0 Å². The maximum atomic E-state index is 4.58. The Labute approximate surface area is 113 Å². The van der Waals surface area contributed by atoms with Gasteiger partial charge in [-0.05, 0) is 13.0 Å². The van der Waals surface area contributed by atoms with Crippen molar-refractivity contribution in [2.24, 2.45) is 0 Å². The van der Waals surface area contributed by atoms with Crippen molar-refractivity contribution in [2.45, 2.75) is 19.8 Å². The Morgan fingerprint density at radius 3 is 2.62 bits per heavy atom. The molecule has 0 amide bonds. The predicted octanol–water partition coefficient (Wildman–Crippen LogP) is 2.45. The third-order valence-corrected chi connectivity index (χ3v) is 3.93. The molecule has 0 fully saturated rings. The highest BCUT2D eigenvalue weighted by atomic mass is 35.5. The Kier molecular flexibility index (Phi) is 7.31. The van der Waals surface area contributed by atoms with Crippen LogP contribution >= 0.6 is 36.2 Å². The molecular formula is C10H19Cl2N3S. The van der Waals surface area contributed by atoms with Gasteiger partial charge in [0, 0.05) is 31.4 Å². The SMILES string of the molecule is CCN1CCc2nc(NC)sc2CC1.Cl.Cl. The second kappa shape index (κ2) is 7.33. The minimum Gasteiger partial charge on any atom is -0.365 e. The zero-order valence-electron chi connectivity index (χ0n) is 9.65. The van der Waals surface area contributed by atoms with Crippen LogP contribution in [0.2, 0.25) is 0 Å². The molecule has 0 saturated heterocycles. The summed E-state index contributed by atoms with van der Waals surface area (Å²) in [5, 5.41) is 4.19. The standard InChI is InChI=1S/C10H17N3S.2ClH/c1-3-13-6-4-8-9(5-7-13)14-10(11-2)12-8;;/h3-7H2,1-2H3,(H,11,12);2*1H. The Morgan fingerprint density at radius 1 is 1.31 bits per heavy atom. The third-order valence-electron chi connectivity index (χ3n) is 2.76. The minimum atomic E-state index is 0. The van der Waals surface area contributed by atoms with Crippen LogP contribution < -0.4 is 5.32 Å². The first-order valence-electron chi connectivity index (χ1n) is 5.22. The van der Waals surface area contributed by atoms with E-state index in [1.807, 2.05) is 18.4 Å². The molecule has 16 heavy (non-hydrogen) atoms. The van der Waals surface area contributed by atoms with Gasteiger partial charge in [0.1, 0.15) is 0 Å². The second-order valence-electron chi connectivity index (χ2n) is 3.57. The van der Waals surface area contributed by atoms with Crippen molar-refractivity contribution in [3.63, 3.8) is 0 Å². The lowest BCUT2D eigenvalue weighted by atomic mass is 10.2. The predicted molar refractivity (Wildman–Crippen MR) is 75.7 cm³/mol. The van der Waals surface area contributed by atoms with Crippen LogP contribution in [0.3, 0.4) is 0 Å². The van der Waals surface area contributed by atoms with E-state index in [-0.39, 0.29) is 24.8 Å². The Balaban J connectivity index is 0.00000112. The summed E-state index contributed by atoms with van der Waals surface area (Å²) in [5.74, 6) is 0. The average Bonchev–Trinajstić information content (AvgIpc) is 2.52. The Morgan fingerprint density at radius 2 is 2.00 bits per heavy atom. The first-order chi connectivity index (χ1) is 6.83. The fourth-order valence-corrected chi connectivity index (χ4v) is 2.78. The molecule has 0 saturated carbocycles. The number of nitrogens with zero attached hydrogens (tertiary/aromatic N) is 2. The lowest BCUT2D eigenvalue weighted by Gasteiger charge is -2.16. The van der Waals surface area contributed by atoms with Crippen molar-refractivity contribution in [1.82, 2.24) is 9.88 Å². The van der Waals surface area contributed by atoms with Crippen LogP contribution in [-0.4, -0.2) is 36.6 Å². The summed E-state index contributed by atoms with van der Waals surface area (Å²) < 4.78 is 0. The summed E-state index contributed by atoms with van der Waals surface area (Å²) in [7, 11) is 1.94. The number of nitrogens with one attached hydrogen (secondary N) is 1. The summed E-state index contributed by atoms with van der Waals surface area (Å²) in [4.78, 5) is 8.55. The second-order valence-corrected chi connectivity index (χ2v) is 4.66. The van der Waals surface area contributed by atoms with Crippen molar-refractivity contribution in [3.8, 4) is 0 Å². The molecule has 2 rings (SSSR count). The topological polar surface area (TPSA) is 28.2 Å². The van der Waals surface area contributed by atoms with Crippen LogP contribution in [0.15, 0.2) is 0 Å². The minimum absolute atomic E-state index is 0. The molecule has 1 aliphatic heterocycles. The van der Waals surface area contributed by atoms with Crippen LogP contribution in [0.4, 0.5) is 5.13 Å². The molecule has 6 heteroatoms. The van der Waals surface area contributed by atoms with Crippen LogP contribution in [0, 0.1) is 0 Å². The highest BCUT2D eigenvalue weighted by Crippen LogP contribution is 2.25. The molecule has 0 aromatic carbocycles. The van der Waals surface area contributed by atoms with Gasteiger partial charge in [0.15, 0.2) is 5.13 Å². The fourth-order valence-electron chi connectivity index (χ4n) is 1.83. The van der Waals surface area contributed by atoms with Gasteiger partial charge in [-0.3, -0.25) is 0 Å². The van der Waals surface area contributed by atoms with E-state index in [0.717, 1.165) is 24.6 Å². The summed E-state index contributed by atoms with van der Waals surface area (Å²) in [5.41, 5.74) is 1.32. The number of aromatic nitrogens is 1. The van der Waals surface area contributed by atoms with E-state index in [1.54, 1.807) is 0 Å². The van der Waals surface area contributed by atoms with E-state index in [4.69, 9.17) is 0 Å². The molecule has 0 unspecified atom stereocenters. The number of fused-ring (bicyclic) bond motifs is 1. The zero-order chi connectivity index (χ0) is 9.97. The largest absolute Gasteiger partial charge is 0.365 e. The number of anilines is 1. The number of hydrogen-bond donors (Lipinski definition) is 1. The third kappa shape index (κ3) is 3.48. The quantitative estimate of drug-likeness (QED) is 0.904. The Bertz CT molecular complexity index is 292. The number of likely N-dealkylation sites (N-methyl/N-ethyl adjacent to an activating group) is 1. The van der Waals surface area contributed by atoms with Gasteiger partial charge in [-0.2, -0.15) is 0 Å². The fraction of sp³-hybridized carbons (Fsp3) is 0.700. The van der Waals surface area contributed by atoms with E-state index >= 15 is 0 Å². The van der Waals surface area contributed by atoms with Crippen LogP contribution in [0.5, 0.6) is 0 Å². The van der Waals surface area contributed by atoms with Gasteiger partial charge < -0.3 is 10.2 Å². The molecule has 1 aromatic rings. The molecule has 0 spiro atoms. The molecule has 0 bridgehead atoms. The molecule has 3 nitrogen and oxygen atoms in total. The van der Waals surface area contributed by atoms with E-state index in [0.29, 0.717) is 0 Å². The lowest BCUT2D eigenvalue weighted by Crippen LogP contribution is -2.25. The van der Waals surface area contributed by atoms with Gasteiger partial charge in [0.25, 0.3) is 0 Å². The smallest absolute Gasteiger partial charge is 0.182 e.